The van der Waals surface area contributed by atoms with Gasteiger partial charge in [0.2, 0.25) is 0 Å². The number of aliphatic hydroxyl groups excluding tert-OH is 1. The predicted molar refractivity (Wildman–Crippen MR) is 67.9 cm³/mol. The van der Waals surface area contributed by atoms with Gasteiger partial charge in [-0.25, -0.2) is 0 Å². The molecule has 4 nitrogen and oxygen atoms in total. The number of rotatable bonds is 5. The normalized spacial score (nSPS) is 15.9. The number of nitrogens with one attached hydrogen (secondary N) is 1. The van der Waals surface area contributed by atoms with E-state index in [2.05, 4.69) is 32.6 Å². The van der Waals surface area contributed by atoms with Crippen molar-refractivity contribution < 1.29 is 14.6 Å². The lowest BCUT2D eigenvalue weighted by atomic mass is 9.91. The standard InChI is InChI=1S/C10H20INO3/c1-10(2,3)5-8(13)12-7(6-11)9(14)15-4/h7-8,12-13H,5-6H2,1-4H3/t7-,8?/m0/s1. The Morgan fingerprint density at radius 3 is 2.40 bits per heavy atom. The van der Waals surface area contributed by atoms with E-state index in [9.17, 15) is 9.90 Å². The first-order valence-electron chi connectivity index (χ1n) is 4.88. The molecule has 0 aliphatic rings. The Kier molecular flexibility index (Phi) is 6.70. The van der Waals surface area contributed by atoms with E-state index in [1.807, 2.05) is 20.8 Å². The van der Waals surface area contributed by atoms with Crippen LogP contribution in [0.15, 0.2) is 0 Å². The number of carbonyl (C=O) groups excluding carboxylic acids is 1. The van der Waals surface area contributed by atoms with Crippen molar-refractivity contribution in [2.24, 2.45) is 5.41 Å². The van der Waals surface area contributed by atoms with E-state index in [0.29, 0.717) is 10.8 Å². The van der Waals surface area contributed by atoms with Gasteiger partial charge in [0.1, 0.15) is 12.3 Å². The lowest BCUT2D eigenvalue weighted by molar-refractivity contribution is -0.143. The first kappa shape index (κ1) is 15.1. The van der Waals surface area contributed by atoms with Crippen LogP contribution in [0.2, 0.25) is 0 Å². The molecular formula is C10H20INO3. The van der Waals surface area contributed by atoms with Crippen LogP contribution < -0.4 is 5.32 Å². The molecule has 0 radical (unpaired) electrons. The lowest BCUT2D eigenvalue weighted by Crippen LogP contribution is -2.46. The maximum atomic E-state index is 11.2. The third-order valence-corrected chi connectivity index (χ3v) is 2.72. The molecule has 90 valence electrons. The van der Waals surface area contributed by atoms with E-state index in [1.54, 1.807) is 0 Å². The first-order chi connectivity index (χ1) is 6.80. The minimum Gasteiger partial charge on any atom is -0.468 e. The van der Waals surface area contributed by atoms with Crippen molar-refractivity contribution in [2.75, 3.05) is 11.5 Å². The second-order valence-corrected chi connectivity index (χ2v) is 5.56. The molecule has 0 rings (SSSR count). The number of hydrogen-bond acceptors (Lipinski definition) is 4. The molecule has 0 aromatic rings. The second kappa shape index (κ2) is 6.65. The number of hydrogen-bond donors (Lipinski definition) is 2. The summed E-state index contributed by atoms with van der Waals surface area (Å²) in [6.45, 7) is 6.11. The van der Waals surface area contributed by atoms with Gasteiger partial charge in [-0.3, -0.25) is 10.1 Å². The molecule has 0 aliphatic heterocycles. The molecule has 15 heavy (non-hydrogen) atoms. The number of alkyl halides is 1. The van der Waals surface area contributed by atoms with E-state index >= 15 is 0 Å². The number of carbonyl (C=O) groups is 1. The highest BCUT2D eigenvalue weighted by Crippen LogP contribution is 2.20. The van der Waals surface area contributed by atoms with Gasteiger partial charge < -0.3 is 9.84 Å². The van der Waals surface area contributed by atoms with Crippen molar-refractivity contribution in [3.05, 3.63) is 0 Å². The number of methoxy groups -OCH3 is 1. The van der Waals surface area contributed by atoms with Crippen LogP contribution in [0.1, 0.15) is 27.2 Å². The Balaban J connectivity index is 4.13. The molecule has 0 spiro atoms. The molecule has 0 aliphatic carbocycles. The molecule has 0 aromatic carbocycles. The van der Waals surface area contributed by atoms with Crippen LogP contribution in [0.5, 0.6) is 0 Å². The molecule has 0 bridgehead atoms. The fourth-order valence-electron chi connectivity index (χ4n) is 1.19. The van der Waals surface area contributed by atoms with Crippen LogP contribution in [-0.2, 0) is 9.53 Å². The fourth-order valence-corrected chi connectivity index (χ4v) is 1.80. The summed E-state index contributed by atoms with van der Waals surface area (Å²) < 4.78 is 5.19. The van der Waals surface area contributed by atoms with Gasteiger partial charge in [-0.05, 0) is 11.8 Å². The first-order valence-corrected chi connectivity index (χ1v) is 6.40. The molecule has 2 atom stereocenters. The van der Waals surface area contributed by atoms with Crippen molar-refractivity contribution >= 4 is 28.6 Å². The molecule has 0 aromatic heterocycles. The highest BCUT2D eigenvalue weighted by atomic mass is 127. The molecule has 0 amide bonds. The third kappa shape index (κ3) is 7.08. The van der Waals surface area contributed by atoms with Gasteiger partial charge in [0.25, 0.3) is 0 Å². The molecule has 0 heterocycles. The van der Waals surface area contributed by atoms with Crippen molar-refractivity contribution in [3.63, 3.8) is 0 Å². The van der Waals surface area contributed by atoms with E-state index in [4.69, 9.17) is 0 Å². The topological polar surface area (TPSA) is 58.6 Å². The summed E-state index contributed by atoms with van der Waals surface area (Å²) in [5.41, 5.74) is 0.0261. The molecule has 5 heteroatoms. The van der Waals surface area contributed by atoms with Crippen LogP contribution in [-0.4, -0.2) is 34.9 Å². The minimum absolute atomic E-state index is 0.0261. The molecule has 1 unspecified atom stereocenters. The summed E-state index contributed by atoms with van der Waals surface area (Å²) >= 11 is 2.08. The van der Waals surface area contributed by atoms with Gasteiger partial charge in [0.15, 0.2) is 0 Å². The van der Waals surface area contributed by atoms with E-state index in [0.717, 1.165) is 0 Å². The van der Waals surface area contributed by atoms with Crippen LogP contribution in [0.25, 0.3) is 0 Å². The average Bonchev–Trinajstić information content (AvgIpc) is 2.10. The fraction of sp³-hybridized carbons (Fsp3) is 0.900. The molecule has 0 fully saturated rings. The van der Waals surface area contributed by atoms with Crippen molar-refractivity contribution in [2.45, 2.75) is 39.5 Å². The molecular weight excluding hydrogens is 309 g/mol. The Hall–Kier alpha value is 0.120. The van der Waals surface area contributed by atoms with E-state index in [1.165, 1.54) is 7.11 Å². The average molecular weight is 329 g/mol. The quantitative estimate of drug-likeness (QED) is 0.346. The monoisotopic (exact) mass is 329 g/mol. The van der Waals surface area contributed by atoms with Gasteiger partial charge in [0.05, 0.1) is 7.11 Å². The van der Waals surface area contributed by atoms with Gasteiger partial charge in [-0.2, -0.15) is 0 Å². The van der Waals surface area contributed by atoms with Crippen molar-refractivity contribution in [1.82, 2.24) is 5.32 Å². The largest absolute Gasteiger partial charge is 0.468 e. The zero-order valence-electron chi connectivity index (χ0n) is 9.71. The third-order valence-electron chi connectivity index (χ3n) is 1.84. The van der Waals surface area contributed by atoms with Gasteiger partial charge in [-0.1, -0.05) is 43.4 Å². The van der Waals surface area contributed by atoms with Crippen LogP contribution in [0.4, 0.5) is 0 Å². The molecule has 0 saturated carbocycles. The highest BCUT2D eigenvalue weighted by Gasteiger charge is 2.23. The van der Waals surface area contributed by atoms with Crippen LogP contribution in [0.3, 0.4) is 0 Å². The summed E-state index contributed by atoms with van der Waals surface area (Å²) in [6, 6.07) is -0.437. The molecule has 2 N–H and O–H groups in total. The smallest absolute Gasteiger partial charge is 0.323 e. The number of ether oxygens (including phenoxy) is 1. The van der Waals surface area contributed by atoms with Crippen LogP contribution >= 0.6 is 22.6 Å². The van der Waals surface area contributed by atoms with Gasteiger partial charge in [-0.15, -0.1) is 0 Å². The summed E-state index contributed by atoms with van der Waals surface area (Å²) in [5.74, 6) is -0.336. The zero-order valence-corrected chi connectivity index (χ0v) is 11.9. The summed E-state index contributed by atoms with van der Waals surface area (Å²) in [5, 5.41) is 12.6. The zero-order chi connectivity index (χ0) is 12.1. The maximum absolute atomic E-state index is 11.2. The minimum atomic E-state index is -0.677. The van der Waals surface area contributed by atoms with Crippen molar-refractivity contribution in [1.29, 1.82) is 0 Å². The van der Waals surface area contributed by atoms with Gasteiger partial charge >= 0.3 is 5.97 Å². The SMILES string of the molecule is COC(=O)[C@H](CI)NC(O)CC(C)(C)C. The Bertz CT molecular complexity index is 203. The lowest BCUT2D eigenvalue weighted by Gasteiger charge is -2.25. The number of esters is 1. The number of aliphatic hydroxyl groups is 1. The van der Waals surface area contributed by atoms with E-state index < -0.39 is 12.3 Å². The molecule has 0 saturated heterocycles. The summed E-state index contributed by atoms with van der Waals surface area (Å²) in [6.07, 6.45) is -0.0826. The predicted octanol–water partition coefficient (Wildman–Crippen LogP) is 1.31. The van der Waals surface area contributed by atoms with Crippen molar-refractivity contribution in [3.8, 4) is 0 Å². The Morgan fingerprint density at radius 2 is 2.07 bits per heavy atom. The summed E-state index contributed by atoms with van der Waals surface area (Å²) in [4.78, 5) is 11.2. The Morgan fingerprint density at radius 1 is 1.53 bits per heavy atom. The van der Waals surface area contributed by atoms with E-state index in [-0.39, 0.29) is 11.4 Å². The summed E-state index contributed by atoms with van der Waals surface area (Å²) in [7, 11) is 1.35. The maximum Gasteiger partial charge on any atom is 0.323 e. The number of halogens is 1. The Labute approximate surface area is 105 Å². The second-order valence-electron chi connectivity index (χ2n) is 4.68. The van der Waals surface area contributed by atoms with Gasteiger partial charge in [0, 0.05) is 4.43 Å². The highest BCUT2D eigenvalue weighted by molar-refractivity contribution is 14.1. The van der Waals surface area contributed by atoms with Crippen LogP contribution in [0, 0.1) is 5.41 Å².